The minimum absolute atomic E-state index is 0.0727. The van der Waals surface area contributed by atoms with Crippen LogP contribution in [0, 0.1) is 19.3 Å². The second kappa shape index (κ2) is 6.17. The summed E-state index contributed by atoms with van der Waals surface area (Å²) in [6.45, 7) is 9.28. The molecule has 1 amide bonds. The van der Waals surface area contributed by atoms with E-state index in [9.17, 15) is 13.2 Å². The van der Waals surface area contributed by atoms with Crippen LogP contribution in [0.25, 0.3) is 0 Å². The van der Waals surface area contributed by atoms with Gasteiger partial charge in [-0.3, -0.25) is 14.2 Å². The minimum atomic E-state index is -3.58. The predicted molar refractivity (Wildman–Crippen MR) is 82.4 cm³/mol. The van der Waals surface area contributed by atoms with Crippen LogP contribution in [0.15, 0.2) is 0 Å². The van der Waals surface area contributed by atoms with Gasteiger partial charge in [0, 0.05) is 19.2 Å². The molecule has 0 spiro atoms. The Morgan fingerprint density at radius 2 is 1.86 bits per heavy atom. The summed E-state index contributed by atoms with van der Waals surface area (Å²) in [6, 6.07) is 0. The van der Waals surface area contributed by atoms with Gasteiger partial charge < -0.3 is 0 Å². The molecule has 6 nitrogen and oxygen atoms in total. The van der Waals surface area contributed by atoms with Gasteiger partial charge in [0.2, 0.25) is 15.9 Å². The van der Waals surface area contributed by atoms with Crippen LogP contribution in [0.5, 0.6) is 0 Å². The van der Waals surface area contributed by atoms with E-state index in [0.29, 0.717) is 6.42 Å². The lowest BCUT2D eigenvalue weighted by Crippen LogP contribution is -2.36. The van der Waals surface area contributed by atoms with E-state index < -0.39 is 15.9 Å². The quantitative estimate of drug-likeness (QED) is 0.892. The van der Waals surface area contributed by atoms with Crippen LogP contribution in [0.3, 0.4) is 0 Å². The van der Waals surface area contributed by atoms with Crippen molar-refractivity contribution >= 4 is 15.9 Å². The monoisotopic (exact) mass is 315 g/mol. The third-order valence-corrected chi connectivity index (χ3v) is 4.94. The number of hydrogen-bond donors (Lipinski definition) is 1. The Hall–Kier alpha value is -1.37. The van der Waals surface area contributed by atoms with E-state index in [1.165, 1.54) is 0 Å². The fourth-order valence-electron chi connectivity index (χ4n) is 2.25. The molecule has 1 heterocycles. The molecule has 0 fully saturated rings. The molecule has 21 heavy (non-hydrogen) atoms. The Morgan fingerprint density at radius 1 is 1.29 bits per heavy atom. The molecule has 1 rings (SSSR count). The SMILES string of the molecule is Cc1nn(C)c(C)c1CCC(=O)NS(=O)(=O)CC(C)(C)C. The lowest BCUT2D eigenvalue weighted by atomic mass is 10.0. The number of carbonyl (C=O) groups is 1. The summed E-state index contributed by atoms with van der Waals surface area (Å²) in [5.41, 5.74) is 2.49. The highest BCUT2D eigenvalue weighted by molar-refractivity contribution is 7.90. The van der Waals surface area contributed by atoms with Crippen LogP contribution < -0.4 is 4.72 Å². The van der Waals surface area contributed by atoms with E-state index in [1.807, 2.05) is 41.7 Å². The lowest BCUT2D eigenvalue weighted by molar-refractivity contribution is -0.119. The molecule has 7 heteroatoms. The van der Waals surface area contributed by atoms with Crippen molar-refractivity contribution in [1.82, 2.24) is 14.5 Å². The van der Waals surface area contributed by atoms with Crippen molar-refractivity contribution in [3.8, 4) is 0 Å². The highest BCUT2D eigenvalue weighted by Crippen LogP contribution is 2.16. The van der Waals surface area contributed by atoms with Crippen LogP contribution in [0.4, 0.5) is 0 Å². The standard InChI is InChI=1S/C14H25N3O3S/c1-10-12(11(2)17(6)15-10)7-8-13(18)16-21(19,20)9-14(3,4)5/h7-9H2,1-6H3,(H,16,18). The second-order valence-corrected chi connectivity index (χ2v) is 8.34. The second-order valence-electron chi connectivity index (χ2n) is 6.62. The van der Waals surface area contributed by atoms with Crippen LogP contribution in [0.1, 0.15) is 44.1 Å². The third-order valence-electron chi connectivity index (χ3n) is 3.15. The smallest absolute Gasteiger partial charge is 0.235 e. The highest BCUT2D eigenvalue weighted by atomic mass is 32.2. The molecule has 0 bridgehead atoms. The molecule has 0 radical (unpaired) electrons. The maximum absolute atomic E-state index is 11.9. The van der Waals surface area contributed by atoms with Gasteiger partial charge in [0.05, 0.1) is 11.4 Å². The summed E-state index contributed by atoms with van der Waals surface area (Å²) in [6.07, 6.45) is 0.624. The van der Waals surface area contributed by atoms with Crippen molar-refractivity contribution in [2.45, 2.75) is 47.5 Å². The first-order valence-electron chi connectivity index (χ1n) is 6.94. The molecule has 0 aliphatic carbocycles. The van der Waals surface area contributed by atoms with Crippen molar-refractivity contribution in [1.29, 1.82) is 0 Å². The van der Waals surface area contributed by atoms with E-state index in [-0.39, 0.29) is 17.6 Å². The first-order valence-corrected chi connectivity index (χ1v) is 8.59. The Kier molecular flexibility index (Phi) is 5.20. The maximum Gasteiger partial charge on any atom is 0.235 e. The zero-order valence-electron chi connectivity index (χ0n) is 13.6. The molecule has 0 aliphatic rings. The van der Waals surface area contributed by atoms with Crippen molar-refractivity contribution < 1.29 is 13.2 Å². The summed E-state index contributed by atoms with van der Waals surface area (Å²) in [4.78, 5) is 11.8. The van der Waals surface area contributed by atoms with Crippen LogP contribution >= 0.6 is 0 Å². The molecule has 120 valence electrons. The topological polar surface area (TPSA) is 81.1 Å². The predicted octanol–water partition coefficient (Wildman–Crippen LogP) is 1.46. The average molecular weight is 315 g/mol. The van der Waals surface area contributed by atoms with Crippen molar-refractivity contribution in [2.75, 3.05) is 5.75 Å². The summed E-state index contributed by atoms with van der Waals surface area (Å²) in [5, 5.41) is 4.28. The zero-order valence-corrected chi connectivity index (χ0v) is 14.5. The van der Waals surface area contributed by atoms with Crippen LogP contribution in [-0.2, 0) is 28.3 Å². The Bertz CT molecular complexity index is 625. The summed E-state index contributed by atoms with van der Waals surface area (Å²) < 4.78 is 27.6. The van der Waals surface area contributed by atoms with Crippen molar-refractivity contribution in [2.24, 2.45) is 12.5 Å². The number of hydrogen-bond acceptors (Lipinski definition) is 4. The number of carbonyl (C=O) groups excluding carboxylic acids is 1. The average Bonchev–Trinajstić information content (AvgIpc) is 2.46. The molecule has 1 aromatic heterocycles. The molecular formula is C14H25N3O3S. The van der Waals surface area contributed by atoms with Gasteiger partial charge in [0.1, 0.15) is 0 Å². The van der Waals surface area contributed by atoms with Crippen molar-refractivity contribution in [3.05, 3.63) is 17.0 Å². The van der Waals surface area contributed by atoms with Crippen LogP contribution in [-0.4, -0.2) is 29.9 Å². The summed E-state index contributed by atoms with van der Waals surface area (Å²) in [7, 11) is -1.73. The molecule has 0 unspecified atom stereocenters. The fraction of sp³-hybridized carbons (Fsp3) is 0.714. The molecule has 1 aromatic rings. The Labute approximate surface area is 127 Å². The normalized spacial score (nSPS) is 12.5. The highest BCUT2D eigenvalue weighted by Gasteiger charge is 2.23. The first-order chi connectivity index (χ1) is 9.41. The number of aromatic nitrogens is 2. The number of nitrogens with one attached hydrogen (secondary N) is 1. The van der Waals surface area contributed by atoms with Gasteiger partial charge in [0.15, 0.2) is 0 Å². The van der Waals surface area contributed by atoms with Gasteiger partial charge in [-0.2, -0.15) is 5.10 Å². The first kappa shape index (κ1) is 17.7. The molecule has 0 aliphatic heterocycles. The number of sulfonamides is 1. The molecule has 0 saturated heterocycles. The van der Waals surface area contributed by atoms with Gasteiger partial charge in [-0.15, -0.1) is 0 Å². The number of aryl methyl sites for hydroxylation is 2. The molecule has 0 saturated carbocycles. The fourth-order valence-corrected chi connectivity index (χ4v) is 3.91. The molecule has 0 aromatic carbocycles. The summed E-state index contributed by atoms with van der Waals surface area (Å²) in [5.74, 6) is -0.543. The largest absolute Gasteiger partial charge is 0.274 e. The van der Waals surface area contributed by atoms with Gasteiger partial charge in [-0.1, -0.05) is 20.8 Å². The number of amides is 1. The zero-order chi connectivity index (χ0) is 16.4. The lowest BCUT2D eigenvalue weighted by Gasteiger charge is -2.18. The van der Waals surface area contributed by atoms with E-state index in [1.54, 1.807) is 4.68 Å². The van der Waals surface area contributed by atoms with Gasteiger partial charge in [-0.05, 0) is 31.2 Å². The van der Waals surface area contributed by atoms with Gasteiger partial charge in [0.25, 0.3) is 0 Å². The van der Waals surface area contributed by atoms with E-state index in [2.05, 4.69) is 9.82 Å². The van der Waals surface area contributed by atoms with E-state index in [4.69, 9.17) is 0 Å². The Morgan fingerprint density at radius 3 is 2.29 bits per heavy atom. The summed E-state index contributed by atoms with van der Waals surface area (Å²) >= 11 is 0. The number of nitrogens with zero attached hydrogens (tertiary/aromatic N) is 2. The molecule has 1 N–H and O–H groups in total. The van der Waals surface area contributed by atoms with E-state index >= 15 is 0 Å². The van der Waals surface area contributed by atoms with Gasteiger partial charge in [-0.25, -0.2) is 8.42 Å². The van der Waals surface area contributed by atoms with Gasteiger partial charge >= 0.3 is 0 Å². The Balaban J connectivity index is 2.63. The third kappa shape index (κ3) is 5.49. The molecule has 0 atom stereocenters. The maximum atomic E-state index is 11.9. The van der Waals surface area contributed by atoms with Crippen molar-refractivity contribution in [3.63, 3.8) is 0 Å². The minimum Gasteiger partial charge on any atom is -0.274 e. The molecular weight excluding hydrogens is 290 g/mol. The van der Waals surface area contributed by atoms with Crippen LogP contribution in [0.2, 0.25) is 0 Å². The number of rotatable bonds is 5. The van der Waals surface area contributed by atoms with E-state index in [0.717, 1.165) is 17.0 Å².